The van der Waals surface area contributed by atoms with Crippen LogP contribution in [0.5, 0.6) is 5.75 Å². The van der Waals surface area contributed by atoms with Gasteiger partial charge < -0.3 is 15.0 Å². The van der Waals surface area contributed by atoms with Gasteiger partial charge in [-0.15, -0.1) is 13.2 Å². The number of hydrogen-bond donors (Lipinski definition) is 2. The van der Waals surface area contributed by atoms with Crippen LogP contribution in [-0.4, -0.2) is 46.6 Å². The lowest BCUT2D eigenvalue weighted by molar-refractivity contribution is -0.274. The van der Waals surface area contributed by atoms with Crippen molar-refractivity contribution < 1.29 is 32.3 Å². The number of fused-ring (bicyclic) bond motifs is 3. The summed E-state index contributed by atoms with van der Waals surface area (Å²) in [6, 6.07) is 9.88. The topological polar surface area (TPSA) is 94.7 Å². The number of hydrogen-bond acceptors (Lipinski definition) is 5. The van der Waals surface area contributed by atoms with Gasteiger partial charge in [-0.05, 0) is 48.0 Å². The lowest BCUT2D eigenvalue weighted by Crippen LogP contribution is -2.44. The fourth-order valence-corrected chi connectivity index (χ4v) is 4.75. The Labute approximate surface area is 197 Å². The minimum absolute atomic E-state index is 0.00635. The molecule has 1 atom stereocenters. The molecule has 2 aliphatic heterocycles. The van der Waals surface area contributed by atoms with E-state index < -0.39 is 12.4 Å². The number of H-pyrrole nitrogens is 1. The zero-order chi connectivity index (χ0) is 24.9. The highest BCUT2D eigenvalue weighted by Gasteiger charge is 2.43. The lowest BCUT2D eigenvalue weighted by atomic mass is 10.0. The smallest absolute Gasteiger partial charge is 0.406 e. The summed E-state index contributed by atoms with van der Waals surface area (Å²) in [7, 11) is 0. The van der Waals surface area contributed by atoms with Crippen molar-refractivity contribution in [2.24, 2.45) is 0 Å². The number of alkyl halides is 3. The van der Waals surface area contributed by atoms with Gasteiger partial charge in [0.15, 0.2) is 0 Å². The molecule has 11 heteroatoms. The number of halogens is 3. The molecule has 0 aliphatic carbocycles. The first-order valence-corrected chi connectivity index (χ1v) is 11.0. The summed E-state index contributed by atoms with van der Waals surface area (Å²) in [6.45, 7) is 2.21. The first-order chi connectivity index (χ1) is 16.6. The number of nitrogens with one attached hydrogen (secondary N) is 2. The zero-order valence-corrected chi connectivity index (χ0v) is 18.6. The zero-order valence-electron chi connectivity index (χ0n) is 18.6. The molecule has 35 heavy (non-hydrogen) atoms. The van der Waals surface area contributed by atoms with Gasteiger partial charge >= 0.3 is 6.36 Å². The standard InChI is InChI=1S/C24H21F3N4O4/c1-13(32)28-14-2-4-15(5-3-14)31-22(33)11-21(23(31)34)30-9-8-20-18(12-30)17-10-16(35-24(25,26)27)6-7-19(17)29-20/h2-7,10,21,29H,8-9,11-12H2,1H3,(H,28,32)/t21-/m1/s1. The van der Waals surface area contributed by atoms with E-state index in [-0.39, 0.29) is 29.9 Å². The van der Waals surface area contributed by atoms with Gasteiger partial charge in [0, 0.05) is 48.7 Å². The van der Waals surface area contributed by atoms with Crippen molar-refractivity contribution in [2.75, 3.05) is 16.8 Å². The van der Waals surface area contributed by atoms with Crippen LogP contribution in [0.1, 0.15) is 24.6 Å². The summed E-state index contributed by atoms with van der Waals surface area (Å²) in [5.74, 6) is -1.24. The maximum atomic E-state index is 13.2. The molecule has 5 rings (SSSR count). The Balaban J connectivity index is 1.37. The van der Waals surface area contributed by atoms with E-state index in [4.69, 9.17) is 0 Å². The Morgan fingerprint density at radius 2 is 1.89 bits per heavy atom. The highest BCUT2D eigenvalue weighted by molar-refractivity contribution is 6.22. The van der Waals surface area contributed by atoms with E-state index in [2.05, 4.69) is 15.0 Å². The van der Waals surface area contributed by atoms with Gasteiger partial charge in [-0.1, -0.05) is 0 Å². The van der Waals surface area contributed by atoms with Crippen LogP contribution in [0.25, 0.3) is 10.9 Å². The SMILES string of the molecule is CC(=O)Nc1ccc(N2C(=O)C[C@@H](N3CCc4[nH]c5ccc(OC(F)(F)F)cc5c4C3)C2=O)cc1. The second kappa shape index (κ2) is 8.42. The molecule has 1 aromatic heterocycles. The minimum atomic E-state index is -4.80. The van der Waals surface area contributed by atoms with Gasteiger partial charge in [-0.25, -0.2) is 4.90 Å². The summed E-state index contributed by atoms with van der Waals surface area (Å²) in [5.41, 5.74) is 3.32. The van der Waals surface area contributed by atoms with Crippen molar-refractivity contribution in [1.29, 1.82) is 0 Å². The average Bonchev–Trinajstić information content (AvgIpc) is 3.29. The summed E-state index contributed by atoms with van der Waals surface area (Å²) < 4.78 is 42.1. The average molecular weight is 486 g/mol. The Hall–Kier alpha value is -3.86. The first-order valence-electron chi connectivity index (χ1n) is 11.0. The molecule has 0 bridgehead atoms. The van der Waals surface area contributed by atoms with Crippen LogP contribution in [0.4, 0.5) is 24.5 Å². The third kappa shape index (κ3) is 4.46. The number of carbonyl (C=O) groups is 3. The maximum Gasteiger partial charge on any atom is 0.573 e. The van der Waals surface area contributed by atoms with Crippen molar-refractivity contribution in [3.8, 4) is 5.75 Å². The number of benzene rings is 2. The Bertz CT molecular complexity index is 1330. The number of amides is 3. The van der Waals surface area contributed by atoms with E-state index in [1.807, 2.05) is 4.90 Å². The fraction of sp³-hybridized carbons (Fsp3) is 0.292. The van der Waals surface area contributed by atoms with Crippen LogP contribution in [0.15, 0.2) is 42.5 Å². The molecule has 2 aliphatic rings. The quantitative estimate of drug-likeness (QED) is 0.549. The summed E-state index contributed by atoms with van der Waals surface area (Å²) >= 11 is 0. The molecule has 182 valence electrons. The maximum absolute atomic E-state index is 13.2. The fourth-order valence-electron chi connectivity index (χ4n) is 4.75. The number of carbonyl (C=O) groups excluding carboxylic acids is 3. The van der Waals surface area contributed by atoms with Gasteiger partial charge in [0.2, 0.25) is 11.8 Å². The minimum Gasteiger partial charge on any atom is -0.406 e. The van der Waals surface area contributed by atoms with Crippen molar-refractivity contribution in [3.05, 3.63) is 53.7 Å². The number of aromatic nitrogens is 1. The molecule has 1 fully saturated rings. The van der Waals surface area contributed by atoms with Gasteiger partial charge in [0.05, 0.1) is 18.2 Å². The molecular weight excluding hydrogens is 465 g/mol. The van der Waals surface area contributed by atoms with Crippen LogP contribution in [0, 0.1) is 0 Å². The molecular formula is C24H21F3N4O4. The van der Waals surface area contributed by atoms with Crippen molar-refractivity contribution in [1.82, 2.24) is 9.88 Å². The van der Waals surface area contributed by atoms with E-state index in [1.54, 1.807) is 24.3 Å². The number of rotatable bonds is 4. The lowest BCUT2D eigenvalue weighted by Gasteiger charge is -2.31. The molecule has 2 N–H and O–H groups in total. The van der Waals surface area contributed by atoms with Crippen molar-refractivity contribution in [2.45, 2.75) is 38.7 Å². The van der Waals surface area contributed by atoms with E-state index in [9.17, 15) is 27.6 Å². The highest BCUT2D eigenvalue weighted by atomic mass is 19.4. The van der Waals surface area contributed by atoms with Gasteiger partial charge in [0.25, 0.3) is 5.91 Å². The van der Waals surface area contributed by atoms with Crippen molar-refractivity contribution in [3.63, 3.8) is 0 Å². The molecule has 3 heterocycles. The van der Waals surface area contributed by atoms with Crippen LogP contribution in [-0.2, 0) is 27.3 Å². The monoisotopic (exact) mass is 486 g/mol. The van der Waals surface area contributed by atoms with Crippen LogP contribution >= 0.6 is 0 Å². The molecule has 0 saturated carbocycles. The summed E-state index contributed by atoms with van der Waals surface area (Å²) in [5, 5.41) is 3.22. The molecule has 3 amide bonds. The number of ether oxygens (including phenoxy) is 1. The van der Waals surface area contributed by atoms with E-state index in [0.717, 1.165) is 16.2 Å². The molecule has 8 nitrogen and oxygen atoms in total. The van der Waals surface area contributed by atoms with Crippen LogP contribution in [0.2, 0.25) is 0 Å². The number of aromatic amines is 1. The molecule has 1 saturated heterocycles. The first kappa shape index (κ1) is 22.9. The predicted octanol–water partition coefficient (Wildman–Crippen LogP) is 3.72. The molecule has 2 aromatic carbocycles. The largest absolute Gasteiger partial charge is 0.573 e. The Morgan fingerprint density at radius 1 is 1.14 bits per heavy atom. The molecule has 0 unspecified atom stereocenters. The number of anilines is 2. The van der Waals surface area contributed by atoms with E-state index in [0.29, 0.717) is 41.8 Å². The summed E-state index contributed by atoms with van der Waals surface area (Å²) in [6.07, 6.45) is -4.23. The second-order valence-electron chi connectivity index (χ2n) is 8.57. The third-order valence-electron chi connectivity index (χ3n) is 6.22. The van der Waals surface area contributed by atoms with Gasteiger partial charge in [-0.3, -0.25) is 19.3 Å². The molecule has 0 spiro atoms. The van der Waals surface area contributed by atoms with Gasteiger partial charge in [-0.2, -0.15) is 0 Å². The Kier molecular flexibility index (Phi) is 5.51. The molecule has 0 radical (unpaired) electrons. The summed E-state index contributed by atoms with van der Waals surface area (Å²) in [4.78, 5) is 43.5. The molecule has 3 aromatic rings. The number of imide groups is 1. The third-order valence-corrected chi connectivity index (χ3v) is 6.22. The van der Waals surface area contributed by atoms with Crippen LogP contribution < -0.4 is 15.0 Å². The Morgan fingerprint density at radius 3 is 2.57 bits per heavy atom. The van der Waals surface area contributed by atoms with Crippen LogP contribution in [0.3, 0.4) is 0 Å². The number of nitrogens with zero attached hydrogens (tertiary/aromatic N) is 2. The predicted molar refractivity (Wildman–Crippen MR) is 121 cm³/mol. The normalized spacial score (nSPS) is 18.7. The van der Waals surface area contributed by atoms with Crippen molar-refractivity contribution >= 4 is 40.0 Å². The second-order valence-corrected chi connectivity index (χ2v) is 8.57. The highest BCUT2D eigenvalue weighted by Crippen LogP contribution is 2.35. The van der Waals surface area contributed by atoms with E-state index in [1.165, 1.54) is 25.1 Å². The van der Waals surface area contributed by atoms with E-state index >= 15 is 0 Å². The van der Waals surface area contributed by atoms with Gasteiger partial charge in [0.1, 0.15) is 5.75 Å².